The predicted octanol–water partition coefficient (Wildman–Crippen LogP) is 1.76. The van der Waals surface area contributed by atoms with Gasteiger partial charge < -0.3 is 9.80 Å². The van der Waals surface area contributed by atoms with E-state index in [2.05, 4.69) is 26.9 Å². The molecular formula is C13H19N3. The summed E-state index contributed by atoms with van der Waals surface area (Å²) in [6.07, 6.45) is 7.83. The Labute approximate surface area is 97.1 Å². The van der Waals surface area contributed by atoms with Crippen LogP contribution in [-0.2, 0) is 0 Å². The number of anilines is 1. The summed E-state index contributed by atoms with van der Waals surface area (Å²) in [6, 6.07) is 5.03. The Morgan fingerprint density at radius 2 is 1.88 bits per heavy atom. The molecule has 1 aromatic rings. The molecule has 0 spiro atoms. The molecule has 2 saturated heterocycles. The molecule has 86 valence electrons. The van der Waals surface area contributed by atoms with Crippen LogP contribution in [0.5, 0.6) is 0 Å². The molecule has 3 rings (SSSR count). The monoisotopic (exact) mass is 217 g/mol. The van der Waals surface area contributed by atoms with E-state index in [4.69, 9.17) is 0 Å². The molecule has 2 aliphatic rings. The summed E-state index contributed by atoms with van der Waals surface area (Å²) < 4.78 is 0. The van der Waals surface area contributed by atoms with Crippen molar-refractivity contribution in [1.29, 1.82) is 0 Å². The van der Waals surface area contributed by atoms with Gasteiger partial charge in [0.2, 0.25) is 0 Å². The first-order valence-corrected chi connectivity index (χ1v) is 6.32. The van der Waals surface area contributed by atoms with Gasteiger partial charge in [0.05, 0.1) is 0 Å². The third-order valence-corrected chi connectivity index (χ3v) is 3.88. The van der Waals surface area contributed by atoms with Crippen molar-refractivity contribution in [2.75, 3.05) is 31.1 Å². The maximum absolute atomic E-state index is 4.11. The van der Waals surface area contributed by atoms with Crippen LogP contribution in [0.1, 0.15) is 19.3 Å². The third-order valence-electron chi connectivity index (χ3n) is 3.88. The number of rotatable bonds is 1. The molecule has 16 heavy (non-hydrogen) atoms. The molecule has 3 nitrogen and oxygen atoms in total. The highest BCUT2D eigenvalue weighted by atomic mass is 15.2. The van der Waals surface area contributed by atoms with Crippen LogP contribution in [-0.4, -0.2) is 42.1 Å². The van der Waals surface area contributed by atoms with Crippen molar-refractivity contribution in [1.82, 2.24) is 9.88 Å². The summed E-state index contributed by atoms with van der Waals surface area (Å²) in [4.78, 5) is 9.30. The lowest BCUT2D eigenvalue weighted by atomic mass is 10.1. The molecule has 1 aromatic heterocycles. The Morgan fingerprint density at radius 3 is 2.75 bits per heavy atom. The smallest absolute Gasteiger partial charge is 0.0400 e. The maximum Gasteiger partial charge on any atom is 0.0400 e. The molecule has 0 radical (unpaired) electrons. The van der Waals surface area contributed by atoms with Gasteiger partial charge in [-0.05, 0) is 37.9 Å². The zero-order valence-electron chi connectivity index (χ0n) is 9.68. The summed E-state index contributed by atoms with van der Waals surface area (Å²) >= 11 is 0. The van der Waals surface area contributed by atoms with Gasteiger partial charge in [0, 0.05) is 43.8 Å². The number of aromatic nitrogens is 1. The van der Waals surface area contributed by atoms with E-state index in [1.165, 1.54) is 51.1 Å². The standard InChI is InChI=1S/C13H19N3/c1-2-12-5-9-15(8-1)10-11-16(12)13-3-6-14-7-4-13/h3-4,6-7,12H,1-2,5,8-11H2. The molecule has 2 bridgehead atoms. The van der Waals surface area contributed by atoms with Crippen LogP contribution < -0.4 is 4.90 Å². The molecular weight excluding hydrogens is 198 g/mol. The molecule has 0 N–H and O–H groups in total. The average Bonchev–Trinajstić information content (AvgIpc) is 2.64. The molecule has 2 unspecified atom stereocenters. The number of hydrogen-bond acceptors (Lipinski definition) is 3. The van der Waals surface area contributed by atoms with E-state index in [9.17, 15) is 0 Å². The molecule has 2 atom stereocenters. The minimum Gasteiger partial charge on any atom is -0.367 e. The second-order valence-electron chi connectivity index (χ2n) is 4.83. The minimum atomic E-state index is 0.745. The zero-order valence-corrected chi connectivity index (χ0v) is 9.68. The van der Waals surface area contributed by atoms with E-state index in [1.807, 2.05) is 12.4 Å². The Balaban J connectivity index is 1.84. The normalized spacial score (nSPS) is 29.9. The second kappa shape index (κ2) is 4.42. The van der Waals surface area contributed by atoms with E-state index < -0.39 is 0 Å². The van der Waals surface area contributed by atoms with Gasteiger partial charge in [0.15, 0.2) is 0 Å². The van der Waals surface area contributed by atoms with E-state index >= 15 is 0 Å². The lowest BCUT2D eigenvalue weighted by Gasteiger charge is -2.33. The fourth-order valence-electron chi connectivity index (χ4n) is 2.98. The maximum atomic E-state index is 4.11. The quantitative estimate of drug-likeness (QED) is 0.714. The van der Waals surface area contributed by atoms with E-state index in [1.54, 1.807) is 0 Å². The van der Waals surface area contributed by atoms with Crippen molar-refractivity contribution in [2.45, 2.75) is 25.3 Å². The largest absolute Gasteiger partial charge is 0.367 e. The zero-order chi connectivity index (χ0) is 10.8. The van der Waals surface area contributed by atoms with Gasteiger partial charge in [-0.25, -0.2) is 0 Å². The highest BCUT2D eigenvalue weighted by Crippen LogP contribution is 2.25. The highest BCUT2D eigenvalue weighted by molar-refractivity contribution is 5.46. The molecule has 0 aromatic carbocycles. The van der Waals surface area contributed by atoms with Crippen molar-refractivity contribution in [3.63, 3.8) is 0 Å². The summed E-state index contributed by atoms with van der Waals surface area (Å²) in [5, 5.41) is 0. The topological polar surface area (TPSA) is 19.4 Å². The minimum absolute atomic E-state index is 0.745. The fourth-order valence-corrected chi connectivity index (χ4v) is 2.98. The van der Waals surface area contributed by atoms with Gasteiger partial charge >= 0.3 is 0 Å². The molecule has 0 aliphatic carbocycles. The van der Waals surface area contributed by atoms with E-state index in [0.717, 1.165) is 6.04 Å². The van der Waals surface area contributed by atoms with Gasteiger partial charge in [-0.2, -0.15) is 0 Å². The van der Waals surface area contributed by atoms with Crippen LogP contribution in [0.15, 0.2) is 24.5 Å². The summed E-state index contributed by atoms with van der Waals surface area (Å²) in [5.41, 5.74) is 1.35. The Hall–Kier alpha value is -1.09. The van der Waals surface area contributed by atoms with Crippen molar-refractivity contribution in [3.05, 3.63) is 24.5 Å². The van der Waals surface area contributed by atoms with Crippen molar-refractivity contribution in [2.24, 2.45) is 0 Å². The highest BCUT2D eigenvalue weighted by Gasteiger charge is 2.26. The van der Waals surface area contributed by atoms with Gasteiger partial charge in [0.1, 0.15) is 0 Å². The summed E-state index contributed by atoms with van der Waals surface area (Å²) in [7, 11) is 0. The average molecular weight is 217 g/mol. The van der Waals surface area contributed by atoms with Gasteiger partial charge in [-0.15, -0.1) is 0 Å². The second-order valence-corrected chi connectivity index (χ2v) is 4.83. The Kier molecular flexibility index (Phi) is 2.79. The van der Waals surface area contributed by atoms with Crippen molar-refractivity contribution >= 4 is 5.69 Å². The van der Waals surface area contributed by atoms with E-state index in [0.29, 0.717) is 0 Å². The molecule has 3 heterocycles. The molecule has 2 aliphatic heterocycles. The molecule has 3 heteroatoms. The number of fused-ring (bicyclic) bond motifs is 3. The van der Waals surface area contributed by atoms with Crippen LogP contribution in [0.3, 0.4) is 0 Å². The fraction of sp³-hybridized carbons (Fsp3) is 0.615. The lowest BCUT2D eigenvalue weighted by molar-refractivity contribution is 0.298. The number of hydrogen-bond donors (Lipinski definition) is 0. The van der Waals surface area contributed by atoms with Crippen LogP contribution in [0, 0.1) is 0 Å². The lowest BCUT2D eigenvalue weighted by Crippen LogP contribution is -2.39. The van der Waals surface area contributed by atoms with Crippen LogP contribution in [0.25, 0.3) is 0 Å². The Bertz CT molecular complexity index is 338. The van der Waals surface area contributed by atoms with Crippen molar-refractivity contribution in [3.8, 4) is 0 Å². The summed E-state index contributed by atoms with van der Waals surface area (Å²) in [6.45, 7) is 4.99. The van der Waals surface area contributed by atoms with Gasteiger partial charge in [-0.1, -0.05) is 0 Å². The first-order valence-electron chi connectivity index (χ1n) is 6.32. The molecule has 0 amide bonds. The number of pyridine rings is 1. The summed E-state index contributed by atoms with van der Waals surface area (Å²) in [5.74, 6) is 0. The molecule has 0 saturated carbocycles. The van der Waals surface area contributed by atoms with E-state index in [-0.39, 0.29) is 0 Å². The Morgan fingerprint density at radius 1 is 1.00 bits per heavy atom. The predicted molar refractivity (Wildman–Crippen MR) is 65.7 cm³/mol. The SMILES string of the molecule is c1cc(N2CCN3CCCC2CC3)ccn1. The van der Waals surface area contributed by atoms with Crippen LogP contribution in [0.2, 0.25) is 0 Å². The number of nitrogens with zero attached hydrogens (tertiary/aromatic N) is 3. The molecule has 2 fully saturated rings. The van der Waals surface area contributed by atoms with Gasteiger partial charge in [-0.3, -0.25) is 4.98 Å². The third kappa shape index (κ3) is 1.92. The van der Waals surface area contributed by atoms with Crippen LogP contribution >= 0.6 is 0 Å². The van der Waals surface area contributed by atoms with Gasteiger partial charge in [0.25, 0.3) is 0 Å². The van der Waals surface area contributed by atoms with Crippen molar-refractivity contribution < 1.29 is 0 Å². The van der Waals surface area contributed by atoms with Crippen LogP contribution in [0.4, 0.5) is 5.69 Å². The first kappa shape index (κ1) is 10.1. The first-order chi connectivity index (χ1) is 7.93.